The zero-order valence-corrected chi connectivity index (χ0v) is 13.2. The molecule has 2 aromatic rings. The van der Waals surface area contributed by atoms with Gasteiger partial charge in [-0.1, -0.05) is 19.1 Å². The highest BCUT2D eigenvalue weighted by molar-refractivity contribution is 5.61. The quantitative estimate of drug-likeness (QED) is 0.918. The Bertz CT molecular complexity index is 689. The number of benzene rings is 1. The largest absolute Gasteiger partial charge is 0.313 e. The first-order valence-electron chi connectivity index (χ1n) is 7.46. The zero-order valence-electron chi connectivity index (χ0n) is 13.2. The van der Waals surface area contributed by atoms with Crippen LogP contribution in [0, 0.1) is 13.8 Å². The number of aryl methyl sites for hydroxylation is 3. The van der Waals surface area contributed by atoms with E-state index in [1.54, 1.807) is 0 Å². The second kappa shape index (κ2) is 6.68. The lowest BCUT2D eigenvalue weighted by Crippen LogP contribution is -2.29. The van der Waals surface area contributed by atoms with Crippen LogP contribution in [0.3, 0.4) is 0 Å². The Labute approximate surface area is 125 Å². The van der Waals surface area contributed by atoms with Gasteiger partial charge in [-0.15, -0.1) is 0 Å². The summed E-state index contributed by atoms with van der Waals surface area (Å²) in [7, 11) is 0. The average molecular weight is 285 g/mol. The van der Waals surface area contributed by atoms with Crippen molar-refractivity contribution in [3.8, 4) is 11.3 Å². The van der Waals surface area contributed by atoms with Crippen molar-refractivity contribution < 1.29 is 0 Å². The van der Waals surface area contributed by atoms with Crippen LogP contribution < -0.4 is 10.9 Å². The summed E-state index contributed by atoms with van der Waals surface area (Å²) in [5.74, 6) is 0. The molecule has 0 unspecified atom stereocenters. The van der Waals surface area contributed by atoms with Gasteiger partial charge in [0.25, 0.3) is 5.56 Å². The highest BCUT2D eigenvalue weighted by Gasteiger charge is 2.09. The van der Waals surface area contributed by atoms with Crippen molar-refractivity contribution in [1.29, 1.82) is 0 Å². The first-order valence-corrected chi connectivity index (χ1v) is 7.46. The van der Waals surface area contributed by atoms with Crippen molar-refractivity contribution in [3.05, 3.63) is 51.3 Å². The lowest BCUT2D eigenvalue weighted by Gasteiger charge is -2.11. The zero-order chi connectivity index (χ0) is 15.4. The van der Waals surface area contributed by atoms with Gasteiger partial charge in [0, 0.05) is 24.2 Å². The number of aromatic nitrogens is 2. The van der Waals surface area contributed by atoms with E-state index in [1.165, 1.54) is 15.8 Å². The van der Waals surface area contributed by atoms with Gasteiger partial charge in [0.2, 0.25) is 0 Å². The molecule has 0 fully saturated rings. The second-order valence-electron chi connectivity index (χ2n) is 5.26. The molecule has 1 aromatic carbocycles. The minimum absolute atomic E-state index is 0.00830. The summed E-state index contributed by atoms with van der Waals surface area (Å²) in [4.78, 5) is 12.3. The van der Waals surface area contributed by atoms with Gasteiger partial charge in [-0.2, -0.15) is 5.10 Å². The Morgan fingerprint density at radius 1 is 1.14 bits per heavy atom. The summed E-state index contributed by atoms with van der Waals surface area (Å²) in [5, 5.41) is 7.69. The topological polar surface area (TPSA) is 46.9 Å². The molecule has 0 atom stereocenters. The normalized spacial score (nSPS) is 10.9. The molecule has 1 aromatic heterocycles. The molecule has 4 heteroatoms. The molecule has 1 N–H and O–H groups in total. The van der Waals surface area contributed by atoms with E-state index in [2.05, 4.69) is 42.5 Å². The molecule has 0 amide bonds. The van der Waals surface area contributed by atoms with Gasteiger partial charge in [0.15, 0.2) is 0 Å². The number of nitrogens with one attached hydrogen (secondary N) is 1. The van der Waals surface area contributed by atoms with Crippen LogP contribution in [0.4, 0.5) is 0 Å². The van der Waals surface area contributed by atoms with Gasteiger partial charge in [-0.25, -0.2) is 4.68 Å². The maximum absolute atomic E-state index is 12.3. The Balaban J connectivity index is 2.52. The summed E-state index contributed by atoms with van der Waals surface area (Å²) in [6.45, 7) is 10.2. The van der Waals surface area contributed by atoms with E-state index in [1.807, 2.05) is 19.9 Å². The molecule has 0 aliphatic heterocycles. The first-order chi connectivity index (χ1) is 10.1. The van der Waals surface area contributed by atoms with Gasteiger partial charge in [-0.3, -0.25) is 4.79 Å². The lowest BCUT2D eigenvalue weighted by molar-refractivity contribution is 0.600. The molecule has 112 valence electrons. The van der Waals surface area contributed by atoms with Gasteiger partial charge in [0.05, 0.1) is 5.69 Å². The van der Waals surface area contributed by atoms with Crippen molar-refractivity contribution in [2.45, 2.75) is 40.8 Å². The van der Waals surface area contributed by atoms with E-state index in [4.69, 9.17) is 0 Å². The van der Waals surface area contributed by atoms with E-state index in [9.17, 15) is 4.79 Å². The van der Waals surface area contributed by atoms with Gasteiger partial charge < -0.3 is 5.32 Å². The van der Waals surface area contributed by atoms with Crippen molar-refractivity contribution in [3.63, 3.8) is 0 Å². The highest BCUT2D eigenvalue weighted by Crippen LogP contribution is 2.20. The Kier molecular flexibility index (Phi) is 4.91. The van der Waals surface area contributed by atoms with Crippen LogP contribution in [-0.2, 0) is 13.1 Å². The summed E-state index contributed by atoms with van der Waals surface area (Å²) in [6.07, 6.45) is 0. The van der Waals surface area contributed by atoms with Crippen LogP contribution >= 0.6 is 0 Å². The minimum Gasteiger partial charge on any atom is -0.313 e. The molecule has 0 spiro atoms. The smallest absolute Gasteiger partial charge is 0.271 e. The number of hydrogen-bond donors (Lipinski definition) is 1. The molecule has 0 aliphatic rings. The fraction of sp³-hybridized carbons (Fsp3) is 0.412. The fourth-order valence-electron chi connectivity index (χ4n) is 2.24. The fourth-order valence-corrected chi connectivity index (χ4v) is 2.24. The van der Waals surface area contributed by atoms with E-state index in [0.717, 1.165) is 23.4 Å². The number of hydrogen-bond acceptors (Lipinski definition) is 3. The van der Waals surface area contributed by atoms with Crippen LogP contribution in [0.2, 0.25) is 0 Å². The molecule has 2 rings (SSSR count). The van der Waals surface area contributed by atoms with Crippen molar-refractivity contribution in [2.24, 2.45) is 0 Å². The molecule has 0 bridgehead atoms. The SMILES string of the molecule is CCNCc1cc(-c2ccc(C)c(C)c2)nn(CC)c1=O. The third kappa shape index (κ3) is 3.39. The molecule has 0 radical (unpaired) electrons. The molecule has 21 heavy (non-hydrogen) atoms. The third-order valence-electron chi connectivity index (χ3n) is 3.72. The van der Waals surface area contributed by atoms with Crippen LogP contribution in [0.25, 0.3) is 11.3 Å². The van der Waals surface area contributed by atoms with Crippen LogP contribution in [0.1, 0.15) is 30.5 Å². The molecular formula is C17H23N3O. The standard InChI is InChI=1S/C17H23N3O/c1-5-18-11-15-10-16(19-20(6-2)17(15)21)14-8-7-12(3)13(4)9-14/h7-10,18H,5-6,11H2,1-4H3. The minimum atomic E-state index is -0.00830. The summed E-state index contributed by atoms with van der Waals surface area (Å²) < 4.78 is 1.54. The van der Waals surface area contributed by atoms with E-state index in [-0.39, 0.29) is 5.56 Å². The van der Waals surface area contributed by atoms with Crippen molar-refractivity contribution in [2.75, 3.05) is 6.54 Å². The maximum atomic E-state index is 12.3. The Morgan fingerprint density at radius 2 is 1.90 bits per heavy atom. The summed E-state index contributed by atoms with van der Waals surface area (Å²) in [6, 6.07) is 8.18. The monoisotopic (exact) mass is 285 g/mol. The second-order valence-corrected chi connectivity index (χ2v) is 5.26. The molecule has 0 saturated carbocycles. The predicted octanol–water partition coefficient (Wildman–Crippen LogP) is 2.66. The molecular weight excluding hydrogens is 262 g/mol. The Hall–Kier alpha value is -1.94. The molecule has 4 nitrogen and oxygen atoms in total. The highest BCUT2D eigenvalue weighted by atomic mass is 16.1. The maximum Gasteiger partial charge on any atom is 0.271 e. The van der Waals surface area contributed by atoms with Crippen molar-refractivity contribution in [1.82, 2.24) is 15.1 Å². The lowest BCUT2D eigenvalue weighted by atomic mass is 10.0. The molecule has 0 aliphatic carbocycles. The number of rotatable bonds is 5. The summed E-state index contributed by atoms with van der Waals surface area (Å²) >= 11 is 0. The van der Waals surface area contributed by atoms with Gasteiger partial charge >= 0.3 is 0 Å². The predicted molar refractivity (Wildman–Crippen MR) is 86.5 cm³/mol. The van der Waals surface area contributed by atoms with Crippen LogP contribution in [0.5, 0.6) is 0 Å². The molecule has 1 heterocycles. The third-order valence-corrected chi connectivity index (χ3v) is 3.72. The average Bonchev–Trinajstić information content (AvgIpc) is 2.49. The number of nitrogens with zero attached hydrogens (tertiary/aromatic N) is 2. The van der Waals surface area contributed by atoms with E-state index in [0.29, 0.717) is 13.1 Å². The van der Waals surface area contributed by atoms with Crippen molar-refractivity contribution >= 4 is 0 Å². The van der Waals surface area contributed by atoms with Crippen LogP contribution in [0.15, 0.2) is 29.1 Å². The summed E-state index contributed by atoms with van der Waals surface area (Å²) in [5.41, 5.74) is 5.16. The Morgan fingerprint density at radius 3 is 2.52 bits per heavy atom. The van der Waals surface area contributed by atoms with Gasteiger partial charge in [-0.05, 0) is 50.6 Å². The van der Waals surface area contributed by atoms with Crippen LogP contribution in [-0.4, -0.2) is 16.3 Å². The van der Waals surface area contributed by atoms with Gasteiger partial charge in [0.1, 0.15) is 0 Å². The first kappa shape index (κ1) is 15.4. The van der Waals surface area contributed by atoms with E-state index >= 15 is 0 Å². The molecule has 0 saturated heterocycles. The van der Waals surface area contributed by atoms with E-state index < -0.39 is 0 Å².